The molecule has 1 fully saturated rings. The van der Waals surface area contributed by atoms with Crippen LogP contribution in [0.4, 0.5) is 0 Å². The van der Waals surface area contributed by atoms with Crippen LogP contribution in [-0.4, -0.2) is 0 Å². The molecule has 3 aromatic rings. The molecule has 0 bridgehead atoms. The first-order valence-corrected chi connectivity index (χ1v) is 8.51. The lowest BCUT2D eigenvalue weighted by Gasteiger charge is -2.17. The Labute approximate surface area is 140 Å². The van der Waals surface area contributed by atoms with Gasteiger partial charge in [-0.3, -0.25) is 0 Å². The van der Waals surface area contributed by atoms with Crippen LogP contribution in [0, 0.1) is 11.3 Å². The highest BCUT2D eigenvalue weighted by Gasteiger charge is 2.58. The van der Waals surface area contributed by atoms with E-state index in [0.29, 0.717) is 10.8 Å². The van der Waals surface area contributed by atoms with Crippen molar-refractivity contribution in [2.24, 2.45) is 0 Å². The zero-order valence-electron chi connectivity index (χ0n) is 12.5. The van der Waals surface area contributed by atoms with Crippen molar-refractivity contribution in [1.82, 2.24) is 0 Å². The number of nitrogens with zero attached hydrogens (tertiary/aromatic N) is 1. The first-order valence-electron chi connectivity index (χ1n) is 7.63. The van der Waals surface area contributed by atoms with Gasteiger partial charge in [0.2, 0.25) is 0 Å². The summed E-state index contributed by atoms with van der Waals surface area (Å²) in [6, 6.07) is 31.6. The van der Waals surface area contributed by atoms with Crippen LogP contribution in [0.1, 0.15) is 27.5 Å². The topological polar surface area (TPSA) is 23.8 Å². The number of rotatable bonds is 3. The number of hydrogen-bond acceptors (Lipinski definition) is 2. The van der Waals surface area contributed by atoms with Crippen molar-refractivity contribution in [3.63, 3.8) is 0 Å². The maximum Gasteiger partial charge on any atom is 0.0991 e. The van der Waals surface area contributed by atoms with Crippen molar-refractivity contribution in [1.29, 1.82) is 5.26 Å². The first-order chi connectivity index (χ1) is 11.3. The van der Waals surface area contributed by atoms with Crippen LogP contribution in [0.25, 0.3) is 0 Å². The van der Waals surface area contributed by atoms with E-state index in [2.05, 4.69) is 78.9 Å². The highest BCUT2D eigenvalue weighted by atomic mass is 32.2. The Morgan fingerprint density at radius 1 is 0.739 bits per heavy atom. The molecule has 1 heterocycles. The quantitative estimate of drug-likeness (QED) is 0.613. The van der Waals surface area contributed by atoms with E-state index >= 15 is 0 Å². The van der Waals surface area contributed by atoms with E-state index in [-0.39, 0.29) is 4.75 Å². The molecule has 0 saturated carbocycles. The second-order valence-electron chi connectivity index (χ2n) is 5.70. The van der Waals surface area contributed by atoms with Crippen molar-refractivity contribution >= 4 is 11.8 Å². The van der Waals surface area contributed by atoms with Gasteiger partial charge < -0.3 is 0 Å². The number of hydrogen-bond donors (Lipinski definition) is 0. The van der Waals surface area contributed by atoms with E-state index in [0.717, 1.165) is 0 Å². The van der Waals surface area contributed by atoms with Gasteiger partial charge in [-0.2, -0.15) is 5.26 Å². The normalized spacial score (nSPS) is 18.1. The first kappa shape index (κ1) is 14.1. The SMILES string of the molecule is N#Cc1ccc([C@@H]2SC2(c2ccccc2)c2ccccc2)cc1. The summed E-state index contributed by atoms with van der Waals surface area (Å²) in [5, 5.41) is 9.38. The predicted octanol–water partition coefficient (Wildman–Crippen LogP) is 5.29. The molecule has 0 amide bonds. The molecule has 0 spiro atoms. The van der Waals surface area contributed by atoms with Crippen molar-refractivity contribution in [3.05, 3.63) is 107 Å². The van der Waals surface area contributed by atoms with E-state index in [1.165, 1.54) is 16.7 Å². The van der Waals surface area contributed by atoms with Crippen molar-refractivity contribution in [2.45, 2.75) is 10.00 Å². The average Bonchev–Trinajstić information content (AvgIpc) is 3.40. The second-order valence-corrected chi connectivity index (χ2v) is 7.05. The molecule has 0 aromatic heterocycles. The summed E-state index contributed by atoms with van der Waals surface area (Å²) in [6.45, 7) is 0. The van der Waals surface area contributed by atoms with E-state index < -0.39 is 0 Å². The van der Waals surface area contributed by atoms with Crippen LogP contribution in [-0.2, 0) is 4.75 Å². The Bertz CT molecular complexity index is 808. The van der Waals surface area contributed by atoms with Gasteiger partial charge in [-0.25, -0.2) is 0 Å². The second kappa shape index (κ2) is 5.61. The summed E-state index contributed by atoms with van der Waals surface area (Å²) < 4.78 is -0.0172. The largest absolute Gasteiger partial charge is 0.192 e. The summed E-state index contributed by atoms with van der Waals surface area (Å²) in [5.74, 6) is 0. The van der Waals surface area contributed by atoms with E-state index in [9.17, 15) is 0 Å². The Balaban J connectivity index is 1.79. The minimum absolute atomic E-state index is 0.0172. The third kappa shape index (κ3) is 2.34. The molecular weight excluding hydrogens is 298 g/mol. The summed E-state index contributed by atoms with van der Waals surface area (Å²) >= 11 is 1.97. The summed E-state index contributed by atoms with van der Waals surface area (Å²) in [6.07, 6.45) is 0. The zero-order valence-corrected chi connectivity index (χ0v) is 13.3. The maximum absolute atomic E-state index is 8.99. The Kier molecular flexibility index (Phi) is 3.44. The molecule has 1 aliphatic rings. The molecular formula is C21H15NS. The minimum Gasteiger partial charge on any atom is -0.192 e. The zero-order chi connectivity index (χ0) is 15.7. The molecule has 4 rings (SSSR count). The van der Waals surface area contributed by atoms with Gasteiger partial charge in [0, 0.05) is 0 Å². The van der Waals surface area contributed by atoms with Gasteiger partial charge in [-0.1, -0.05) is 72.8 Å². The fourth-order valence-corrected chi connectivity index (χ4v) is 4.71. The van der Waals surface area contributed by atoms with Gasteiger partial charge in [0.1, 0.15) is 0 Å². The Hall–Kier alpha value is -2.50. The molecule has 1 atom stereocenters. The molecule has 110 valence electrons. The maximum atomic E-state index is 8.99. The molecule has 1 saturated heterocycles. The number of nitriles is 1. The van der Waals surface area contributed by atoms with Crippen LogP contribution in [0.3, 0.4) is 0 Å². The van der Waals surface area contributed by atoms with Crippen LogP contribution in [0.5, 0.6) is 0 Å². The molecule has 3 aromatic carbocycles. The highest BCUT2D eigenvalue weighted by molar-refractivity contribution is 8.07. The van der Waals surface area contributed by atoms with Crippen LogP contribution in [0.2, 0.25) is 0 Å². The third-order valence-electron chi connectivity index (χ3n) is 4.36. The summed E-state index contributed by atoms with van der Waals surface area (Å²) in [4.78, 5) is 0. The van der Waals surface area contributed by atoms with Gasteiger partial charge >= 0.3 is 0 Å². The fraction of sp³-hybridized carbons (Fsp3) is 0.0952. The van der Waals surface area contributed by atoms with Gasteiger partial charge in [0.25, 0.3) is 0 Å². The van der Waals surface area contributed by atoms with Crippen LogP contribution < -0.4 is 0 Å². The van der Waals surface area contributed by atoms with E-state index in [1.807, 2.05) is 23.9 Å². The smallest absolute Gasteiger partial charge is 0.0991 e. The molecule has 23 heavy (non-hydrogen) atoms. The van der Waals surface area contributed by atoms with Crippen LogP contribution >= 0.6 is 11.8 Å². The van der Waals surface area contributed by atoms with Gasteiger partial charge in [-0.05, 0) is 28.8 Å². The lowest BCUT2D eigenvalue weighted by molar-refractivity contribution is 0.824. The van der Waals surface area contributed by atoms with Crippen molar-refractivity contribution in [2.75, 3.05) is 0 Å². The highest BCUT2D eigenvalue weighted by Crippen LogP contribution is 2.74. The molecule has 1 nitrogen and oxygen atoms in total. The molecule has 1 aliphatic heterocycles. The van der Waals surface area contributed by atoms with Gasteiger partial charge in [-0.15, -0.1) is 11.8 Å². The average molecular weight is 313 g/mol. The monoisotopic (exact) mass is 313 g/mol. The fourth-order valence-electron chi connectivity index (χ4n) is 3.16. The number of benzene rings is 3. The minimum atomic E-state index is -0.0172. The van der Waals surface area contributed by atoms with Gasteiger partial charge in [0.15, 0.2) is 0 Å². The molecule has 0 radical (unpaired) electrons. The van der Waals surface area contributed by atoms with Crippen LogP contribution in [0.15, 0.2) is 84.9 Å². The molecule has 0 unspecified atom stereocenters. The number of thioether (sulfide) groups is 1. The molecule has 0 N–H and O–H groups in total. The van der Waals surface area contributed by atoms with Gasteiger partial charge in [0.05, 0.1) is 21.6 Å². The van der Waals surface area contributed by atoms with Crippen molar-refractivity contribution in [3.8, 4) is 6.07 Å². The molecule has 0 aliphatic carbocycles. The Morgan fingerprint density at radius 2 is 1.26 bits per heavy atom. The third-order valence-corrected chi connectivity index (χ3v) is 6.05. The summed E-state index contributed by atoms with van der Waals surface area (Å²) in [5.41, 5.74) is 4.67. The lowest BCUT2D eigenvalue weighted by atomic mass is 9.86. The lowest BCUT2D eigenvalue weighted by Crippen LogP contribution is -2.11. The van der Waals surface area contributed by atoms with Crippen molar-refractivity contribution < 1.29 is 0 Å². The standard InChI is InChI=1S/C21H15NS/c22-15-16-11-13-17(14-12-16)20-21(23-20,18-7-3-1-4-8-18)19-9-5-2-6-10-19/h1-14,20H/t20-/m0/s1. The summed E-state index contributed by atoms with van der Waals surface area (Å²) in [7, 11) is 0. The molecule has 2 heteroatoms. The van der Waals surface area contributed by atoms with E-state index in [4.69, 9.17) is 5.26 Å². The predicted molar refractivity (Wildman–Crippen MR) is 95.2 cm³/mol. The Morgan fingerprint density at radius 3 is 1.74 bits per heavy atom. The van der Waals surface area contributed by atoms with E-state index in [1.54, 1.807) is 0 Å².